The molecule has 0 spiro atoms. The monoisotopic (exact) mass is 483 g/mol. The highest BCUT2D eigenvalue weighted by Crippen LogP contribution is 2.27. The van der Waals surface area contributed by atoms with Crippen molar-refractivity contribution in [3.05, 3.63) is 28.8 Å². The number of piperidine rings is 1. The fraction of sp³-hybridized carbons (Fsp3) is 0.609. The highest BCUT2D eigenvalue weighted by Gasteiger charge is 2.26. The number of likely N-dealkylation sites (tertiary alicyclic amines) is 1. The predicted molar refractivity (Wildman–Crippen MR) is 124 cm³/mol. The van der Waals surface area contributed by atoms with E-state index in [1.807, 2.05) is 20.8 Å². The summed E-state index contributed by atoms with van der Waals surface area (Å²) in [7, 11) is 1.23. The van der Waals surface area contributed by atoms with Crippen molar-refractivity contribution in [2.45, 2.75) is 51.7 Å². The second-order valence-corrected chi connectivity index (χ2v) is 9.44. The number of amides is 2. The maximum atomic E-state index is 12.2. The van der Waals surface area contributed by atoms with Crippen LogP contribution in [0.4, 0.5) is 4.79 Å². The number of nitrogens with zero attached hydrogens (tertiary/aromatic N) is 1. The van der Waals surface area contributed by atoms with Crippen LogP contribution in [0.1, 0.15) is 50.4 Å². The van der Waals surface area contributed by atoms with Gasteiger partial charge in [-0.2, -0.15) is 0 Å². The van der Waals surface area contributed by atoms with Gasteiger partial charge in [0.1, 0.15) is 17.4 Å². The number of rotatable bonds is 8. The van der Waals surface area contributed by atoms with E-state index < -0.39 is 23.5 Å². The molecular weight excluding hydrogens is 450 g/mol. The minimum absolute atomic E-state index is 0.0475. The first-order valence-corrected chi connectivity index (χ1v) is 11.4. The second-order valence-electron chi connectivity index (χ2n) is 9.03. The average molecular weight is 484 g/mol. The summed E-state index contributed by atoms with van der Waals surface area (Å²) in [6.07, 6.45) is 2.36. The molecule has 33 heavy (non-hydrogen) atoms. The van der Waals surface area contributed by atoms with Gasteiger partial charge in [-0.15, -0.1) is 0 Å². The molecule has 10 heteroatoms. The maximum Gasteiger partial charge on any atom is 0.410 e. The predicted octanol–water partition coefficient (Wildman–Crippen LogP) is 2.99. The molecule has 1 heterocycles. The van der Waals surface area contributed by atoms with Gasteiger partial charge in [0.15, 0.2) is 0 Å². The fourth-order valence-electron chi connectivity index (χ4n) is 3.36. The van der Waals surface area contributed by atoms with Crippen LogP contribution in [0.25, 0.3) is 0 Å². The van der Waals surface area contributed by atoms with Crippen molar-refractivity contribution in [3.8, 4) is 5.75 Å². The van der Waals surface area contributed by atoms with E-state index in [1.54, 1.807) is 17.0 Å². The second kappa shape index (κ2) is 12.1. The number of ether oxygens (including phenoxy) is 3. The fourth-order valence-corrected chi connectivity index (χ4v) is 3.60. The van der Waals surface area contributed by atoms with Crippen molar-refractivity contribution < 1.29 is 28.6 Å². The number of halogens is 1. The molecule has 184 valence electrons. The van der Waals surface area contributed by atoms with Crippen LogP contribution < -0.4 is 15.8 Å². The van der Waals surface area contributed by atoms with Crippen molar-refractivity contribution in [3.63, 3.8) is 0 Å². The van der Waals surface area contributed by atoms with Gasteiger partial charge in [0.05, 0.1) is 18.7 Å². The number of carbonyl (C=O) groups excluding carboxylic acids is 3. The Kier molecular flexibility index (Phi) is 9.79. The van der Waals surface area contributed by atoms with Gasteiger partial charge < -0.3 is 30.2 Å². The van der Waals surface area contributed by atoms with Gasteiger partial charge in [-0.1, -0.05) is 11.6 Å². The largest absolute Gasteiger partial charge is 0.492 e. The molecule has 9 nitrogen and oxygen atoms in total. The molecule has 1 saturated heterocycles. The first kappa shape index (κ1) is 26.7. The minimum Gasteiger partial charge on any atom is -0.492 e. The number of methoxy groups -OCH3 is 1. The van der Waals surface area contributed by atoms with Crippen molar-refractivity contribution >= 4 is 29.6 Å². The Morgan fingerprint density at radius 3 is 2.48 bits per heavy atom. The third kappa shape index (κ3) is 8.74. The van der Waals surface area contributed by atoms with Crippen LogP contribution >= 0.6 is 11.6 Å². The third-order valence-corrected chi connectivity index (χ3v) is 5.53. The Hall–Kier alpha value is -2.52. The van der Waals surface area contributed by atoms with E-state index in [9.17, 15) is 14.4 Å². The van der Waals surface area contributed by atoms with E-state index in [-0.39, 0.29) is 12.6 Å². The minimum atomic E-state index is -0.937. The lowest BCUT2D eigenvalue weighted by atomic mass is 9.94. The molecule has 1 atom stereocenters. The van der Waals surface area contributed by atoms with Gasteiger partial charge in [0, 0.05) is 25.2 Å². The summed E-state index contributed by atoms with van der Waals surface area (Å²) < 4.78 is 15.8. The number of carbonyl (C=O) groups is 3. The number of esters is 1. The zero-order valence-electron chi connectivity index (χ0n) is 19.7. The van der Waals surface area contributed by atoms with E-state index in [1.165, 1.54) is 13.2 Å². The molecule has 1 aliphatic rings. The summed E-state index contributed by atoms with van der Waals surface area (Å²) in [4.78, 5) is 37.5. The molecule has 0 aromatic heterocycles. The number of benzene rings is 1. The smallest absolute Gasteiger partial charge is 0.410 e. The lowest BCUT2D eigenvalue weighted by Gasteiger charge is -2.33. The first-order chi connectivity index (χ1) is 15.5. The van der Waals surface area contributed by atoms with Crippen molar-refractivity contribution in [2.75, 3.05) is 33.4 Å². The van der Waals surface area contributed by atoms with E-state index in [0.29, 0.717) is 41.9 Å². The lowest BCUT2D eigenvalue weighted by Crippen LogP contribution is -2.43. The molecule has 1 aromatic rings. The van der Waals surface area contributed by atoms with E-state index >= 15 is 0 Å². The Morgan fingerprint density at radius 2 is 1.91 bits per heavy atom. The molecule has 2 rings (SSSR count). The van der Waals surface area contributed by atoms with Crippen LogP contribution in [-0.2, 0) is 14.3 Å². The quantitative estimate of drug-likeness (QED) is 0.545. The molecule has 0 saturated carbocycles. The average Bonchev–Trinajstić information content (AvgIpc) is 2.76. The summed E-state index contributed by atoms with van der Waals surface area (Å²) in [6, 6.07) is 3.81. The number of hydrogen-bond donors (Lipinski definition) is 2. The molecule has 0 bridgehead atoms. The zero-order chi connectivity index (χ0) is 24.6. The van der Waals surface area contributed by atoms with Gasteiger partial charge in [0.2, 0.25) is 0 Å². The summed E-state index contributed by atoms with van der Waals surface area (Å²) in [5, 5.41) is 2.89. The SMILES string of the molecule is COC(=O)[C@@H](N)CNC(=O)c1ccc(OCCC2CCN(C(=O)OC(C)(C)C)CC2)c(Cl)c1. The molecule has 0 aliphatic carbocycles. The Morgan fingerprint density at radius 1 is 1.24 bits per heavy atom. The van der Waals surface area contributed by atoms with Gasteiger partial charge in [-0.05, 0) is 64.2 Å². The summed E-state index contributed by atoms with van der Waals surface area (Å²) in [5.74, 6) is -0.0654. The molecule has 0 unspecified atom stereocenters. The number of nitrogens with one attached hydrogen (secondary N) is 1. The van der Waals surface area contributed by atoms with Crippen molar-refractivity contribution in [1.82, 2.24) is 10.2 Å². The molecule has 3 N–H and O–H groups in total. The molecule has 1 aliphatic heterocycles. The summed E-state index contributed by atoms with van der Waals surface area (Å²) in [6.45, 7) is 7.36. The van der Waals surface area contributed by atoms with Gasteiger partial charge in [-0.3, -0.25) is 9.59 Å². The summed E-state index contributed by atoms with van der Waals surface area (Å²) >= 11 is 6.28. The van der Waals surface area contributed by atoms with E-state index in [0.717, 1.165) is 19.3 Å². The third-order valence-electron chi connectivity index (χ3n) is 5.23. The van der Waals surface area contributed by atoms with Crippen LogP contribution in [0, 0.1) is 5.92 Å². The van der Waals surface area contributed by atoms with Crippen molar-refractivity contribution in [2.24, 2.45) is 11.7 Å². The molecule has 2 amide bonds. The molecule has 1 aromatic carbocycles. The van der Waals surface area contributed by atoms with Crippen LogP contribution in [0.5, 0.6) is 5.75 Å². The highest BCUT2D eigenvalue weighted by molar-refractivity contribution is 6.32. The van der Waals surface area contributed by atoms with Gasteiger partial charge in [0.25, 0.3) is 5.91 Å². The zero-order valence-corrected chi connectivity index (χ0v) is 20.4. The first-order valence-electron chi connectivity index (χ1n) is 11.0. The maximum absolute atomic E-state index is 12.2. The van der Waals surface area contributed by atoms with Gasteiger partial charge >= 0.3 is 12.1 Å². The van der Waals surface area contributed by atoms with Crippen LogP contribution in [0.3, 0.4) is 0 Å². The van der Waals surface area contributed by atoms with E-state index in [2.05, 4.69) is 10.1 Å². The van der Waals surface area contributed by atoms with Crippen LogP contribution in [-0.4, -0.2) is 67.9 Å². The standard InChI is InChI=1S/C23H34ClN3O6/c1-23(2,3)33-22(30)27-10-7-15(8-11-27)9-12-32-19-6-5-16(13-17(19)24)20(28)26-14-18(25)21(29)31-4/h5-6,13,15,18H,7-12,14,25H2,1-4H3,(H,26,28)/t18-/m0/s1. The normalized spacial score (nSPS) is 15.5. The highest BCUT2D eigenvalue weighted by atomic mass is 35.5. The van der Waals surface area contributed by atoms with Gasteiger partial charge in [-0.25, -0.2) is 4.79 Å². The molecule has 0 radical (unpaired) electrons. The van der Waals surface area contributed by atoms with Crippen molar-refractivity contribution in [1.29, 1.82) is 0 Å². The van der Waals surface area contributed by atoms with Crippen LogP contribution in [0.2, 0.25) is 5.02 Å². The molecular formula is C23H34ClN3O6. The number of hydrogen-bond acceptors (Lipinski definition) is 7. The Labute approximate surface area is 199 Å². The Balaban J connectivity index is 1.75. The summed E-state index contributed by atoms with van der Waals surface area (Å²) in [5.41, 5.74) is 5.45. The Bertz CT molecular complexity index is 834. The lowest BCUT2D eigenvalue weighted by molar-refractivity contribution is -0.141. The number of nitrogens with two attached hydrogens (primary N) is 1. The van der Waals surface area contributed by atoms with E-state index in [4.69, 9.17) is 26.8 Å². The topological polar surface area (TPSA) is 120 Å². The molecule has 1 fully saturated rings. The van der Waals surface area contributed by atoms with Crippen LogP contribution in [0.15, 0.2) is 18.2 Å².